The van der Waals surface area contributed by atoms with E-state index < -0.39 is 23.5 Å². The van der Waals surface area contributed by atoms with E-state index in [-0.39, 0.29) is 29.8 Å². The Morgan fingerprint density at radius 2 is 1.52 bits per heavy atom. The van der Waals surface area contributed by atoms with E-state index in [1.165, 1.54) is 6.07 Å². The lowest BCUT2D eigenvalue weighted by Crippen LogP contribution is -2.24. The summed E-state index contributed by atoms with van der Waals surface area (Å²) in [6, 6.07) is 5.82. The van der Waals surface area contributed by atoms with Gasteiger partial charge in [0.2, 0.25) is 0 Å². The van der Waals surface area contributed by atoms with Crippen molar-refractivity contribution < 1.29 is 27.5 Å². The third-order valence-corrected chi connectivity index (χ3v) is 6.20. The van der Waals surface area contributed by atoms with Gasteiger partial charge in [-0.25, -0.2) is 22.9 Å². The average molecular weight is 432 g/mol. The van der Waals surface area contributed by atoms with Crippen molar-refractivity contribution in [1.29, 1.82) is 0 Å². The number of nitrogens with zero attached hydrogens (tertiary/aromatic N) is 1. The predicted octanol–water partition coefficient (Wildman–Crippen LogP) is 5.13. The van der Waals surface area contributed by atoms with Crippen LogP contribution in [0.5, 0.6) is 0 Å². The third kappa shape index (κ3) is 4.57. The van der Waals surface area contributed by atoms with E-state index >= 15 is 0 Å². The van der Waals surface area contributed by atoms with Gasteiger partial charge in [-0.15, -0.1) is 0 Å². The van der Waals surface area contributed by atoms with Crippen molar-refractivity contribution in [3.05, 3.63) is 64.2 Å². The number of carbonyl (C=O) groups is 2. The van der Waals surface area contributed by atoms with Gasteiger partial charge in [-0.05, 0) is 73.6 Å². The molecule has 0 atom stereocenters. The number of nitrogens with two attached hydrogens (primary N) is 1. The van der Waals surface area contributed by atoms with Crippen LogP contribution in [0.4, 0.5) is 18.0 Å². The molecule has 31 heavy (non-hydrogen) atoms. The van der Waals surface area contributed by atoms with Gasteiger partial charge in [-0.2, -0.15) is 0 Å². The van der Waals surface area contributed by atoms with Gasteiger partial charge in [0.15, 0.2) is 23.2 Å². The zero-order chi connectivity index (χ0) is 22.1. The Morgan fingerprint density at radius 1 is 0.903 bits per heavy atom. The lowest BCUT2D eigenvalue weighted by Gasteiger charge is -2.28. The summed E-state index contributed by atoms with van der Waals surface area (Å²) in [6.45, 7) is -0.108. The van der Waals surface area contributed by atoms with E-state index in [9.17, 15) is 22.8 Å². The highest BCUT2D eigenvalue weighted by molar-refractivity contribution is 5.97. The van der Waals surface area contributed by atoms with Crippen LogP contribution in [0.1, 0.15) is 77.7 Å². The number of pyridine rings is 1. The van der Waals surface area contributed by atoms with Gasteiger partial charge in [0.05, 0.1) is 5.69 Å². The first-order chi connectivity index (χ1) is 14.8. The number of ketones is 1. The number of hydrogen-bond acceptors (Lipinski definition) is 4. The molecule has 2 fully saturated rings. The highest BCUT2D eigenvalue weighted by Crippen LogP contribution is 2.43. The van der Waals surface area contributed by atoms with Crippen LogP contribution >= 0.6 is 0 Å². The molecular weight excluding hydrogens is 409 g/mol. The number of amides is 1. The SMILES string of the molecule is NC(=O)OCc1ccc(C2CC2)c(C(=O)C2CCC(c3ccc(F)c(F)c3F)CC2)n1. The number of halogens is 3. The highest BCUT2D eigenvalue weighted by Gasteiger charge is 2.34. The van der Waals surface area contributed by atoms with Crippen molar-refractivity contribution >= 4 is 11.9 Å². The first-order valence-corrected chi connectivity index (χ1v) is 10.4. The van der Waals surface area contributed by atoms with Crippen LogP contribution in [-0.2, 0) is 11.3 Å². The van der Waals surface area contributed by atoms with Gasteiger partial charge in [0, 0.05) is 5.92 Å². The number of Topliss-reactive ketones (excluding diaryl/α,β-unsaturated/α-hetero) is 1. The lowest BCUT2D eigenvalue weighted by atomic mass is 9.76. The van der Waals surface area contributed by atoms with Crippen molar-refractivity contribution in [1.82, 2.24) is 4.98 Å². The van der Waals surface area contributed by atoms with Crippen LogP contribution in [0, 0.1) is 23.4 Å². The van der Waals surface area contributed by atoms with Crippen LogP contribution < -0.4 is 5.73 Å². The summed E-state index contributed by atoms with van der Waals surface area (Å²) in [5.74, 6) is -4.10. The van der Waals surface area contributed by atoms with Gasteiger partial charge in [-0.1, -0.05) is 12.1 Å². The van der Waals surface area contributed by atoms with E-state index in [1.807, 2.05) is 6.07 Å². The quantitative estimate of drug-likeness (QED) is 0.507. The second kappa shape index (κ2) is 8.69. The highest BCUT2D eigenvalue weighted by atomic mass is 19.2. The van der Waals surface area contributed by atoms with Crippen molar-refractivity contribution in [2.45, 2.75) is 57.0 Å². The lowest BCUT2D eigenvalue weighted by molar-refractivity contribution is 0.0876. The van der Waals surface area contributed by atoms with Crippen molar-refractivity contribution in [2.24, 2.45) is 11.7 Å². The monoisotopic (exact) mass is 432 g/mol. The summed E-state index contributed by atoms with van der Waals surface area (Å²) in [5, 5.41) is 0. The molecule has 1 aromatic carbocycles. The van der Waals surface area contributed by atoms with Crippen LogP contribution in [0.15, 0.2) is 24.3 Å². The molecule has 1 amide bonds. The number of benzene rings is 1. The molecule has 2 N–H and O–H groups in total. The van der Waals surface area contributed by atoms with E-state index in [0.717, 1.165) is 24.5 Å². The van der Waals surface area contributed by atoms with Crippen LogP contribution in [0.25, 0.3) is 0 Å². The third-order valence-electron chi connectivity index (χ3n) is 6.20. The number of rotatable bonds is 6. The number of aromatic nitrogens is 1. The molecule has 8 heteroatoms. The molecule has 4 rings (SSSR count). The second-order valence-corrected chi connectivity index (χ2v) is 8.30. The summed E-state index contributed by atoms with van der Waals surface area (Å²) in [4.78, 5) is 28.6. The van der Waals surface area contributed by atoms with Gasteiger partial charge < -0.3 is 10.5 Å². The Kier molecular flexibility index (Phi) is 5.98. The van der Waals surface area contributed by atoms with E-state index in [1.54, 1.807) is 6.07 Å². The molecule has 0 aliphatic heterocycles. The number of hydrogen-bond donors (Lipinski definition) is 1. The Labute approximate surface area is 177 Å². The summed E-state index contributed by atoms with van der Waals surface area (Å²) < 4.78 is 45.8. The molecule has 164 valence electrons. The minimum Gasteiger partial charge on any atom is -0.443 e. The molecule has 2 aliphatic rings. The molecule has 0 saturated heterocycles. The fourth-order valence-electron chi connectivity index (χ4n) is 4.37. The van der Waals surface area contributed by atoms with E-state index in [0.29, 0.717) is 43.0 Å². The van der Waals surface area contributed by atoms with Gasteiger partial charge in [-0.3, -0.25) is 4.79 Å². The molecular formula is C23H23F3N2O3. The first-order valence-electron chi connectivity index (χ1n) is 10.4. The Hall–Kier alpha value is -2.90. The van der Waals surface area contributed by atoms with Crippen LogP contribution in [0.2, 0.25) is 0 Å². The average Bonchev–Trinajstić information content (AvgIpc) is 3.61. The molecule has 0 radical (unpaired) electrons. The molecule has 2 aromatic rings. The van der Waals surface area contributed by atoms with Crippen molar-refractivity contribution in [2.75, 3.05) is 0 Å². The molecule has 5 nitrogen and oxygen atoms in total. The molecule has 1 heterocycles. The number of ether oxygens (including phenoxy) is 1. The molecule has 1 aromatic heterocycles. The Morgan fingerprint density at radius 3 is 2.16 bits per heavy atom. The summed E-state index contributed by atoms with van der Waals surface area (Å²) in [7, 11) is 0. The Bertz CT molecular complexity index is 1020. The van der Waals surface area contributed by atoms with Crippen LogP contribution in [0.3, 0.4) is 0 Å². The smallest absolute Gasteiger partial charge is 0.404 e. The second-order valence-electron chi connectivity index (χ2n) is 8.30. The first kappa shape index (κ1) is 21.3. The molecule has 0 spiro atoms. The molecule has 0 unspecified atom stereocenters. The van der Waals surface area contributed by atoms with Gasteiger partial charge in [0.1, 0.15) is 12.3 Å². The fourth-order valence-corrected chi connectivity index (χ4v) is 4.37. The zero-order valence-corrected chi connectivity index (χ0v) is 16.9. The molecule has 2 saturated carbocycles. The minimum atomic E-state index is -1.45. The Balaban J connectivity index is 1.49. The maximum Gasteiger partial charge on any atom is 0.404 e. The maximum atomic E-state index is 14.2. The maximum absolute atomic E-state index is 14.2. The summed E-state index contributed by atoms with van der Waals surface area (Å²) >= 11 is 0. The molecule has 0 bridgehead atoms. The summed E-state index contributed by atoms with van der Waals surface area (Å²) in [6.07, 6.45) is 3.11. The number of primary amides is 1. The number of carbonyl (C=O) groups excluding carboxylic acids is 2. The van der Waals surface area contributed by atoms with Gasteiger partial charge in [0.25, 0.3) is 0 Å². The van der Waals surface area contributed by atoms with E-state index in [4.69, 9.17) is 10.5 Å². The minimum absolute atomic E-state index is 0.0768. The topological polar surface area (TPSA) is 82.3 Å². The molecule has 2 aliphatic carbocycles. The fraction of sp³-hybridized carbons (Fsp3) is 0.435. The van der Waals surface area contributed by atoms with Crippen molar-refractivity contribution in [3.63, 3.8) is 0 Å². The normalized spacial score (nSPS) is 21.0. The van der Waals surface area contributed by atoms with E-state index in [2.05, 4.69) is 4.98 Å². The zero-order valence-electron chi connectivity index (χ0n) is 16.9. The van der Waals surface area contributed by atoms with Crippen LogP contribution in [-0.4, -0.2) is 16.9 Å². The predicted molar refractivity (Wildman–Crippen MR) is 106 cm³/mol. The van der Waals surface area contributed by atoms with Gasteiger partial charge >= 0.3 is 6.09 Å². The largest absolute Gasteiger partial charge is 0.443 e. The summed E-state index contributed by atoms with van der Waals surface area (Å²) in [5.41, 5.74) is 6.92. The standard InChI is InChI=1S/C23H23F3N2O3/c24-18-10-9-16(19(25)20(18)26)12-3-5-14(6-4-12)22(29)21-17(13-1-2-13)8-7-15(28-21)11-31-23(27)30/h7-10,12-14H,1-6,11H2,(H2,27,30). The van der Waals surface area contributed by atoms with Crippen molar-refractivity contribution in [3.8, 4) is 0 Å².